The van der Waals surface area contributed by atoms with Gasteiger partial charge in [0.15, 0.2) is 0 Å². The molecule has 0 spiro atoms. The van der Waals surface area contributed by atoms with E-state index in [4.69, 9.17) is 0 Å². The van der Waals surface area contributed by atoms with Crippen LogP contribution in [0, 0.1) is 22.7 Å². The molecule has 4 aromatic rings. The van der Waals surface area contributed by atoms with Gasteiger partial charge in [-0.25, -0.2) is 9.97 Å². The van der Waals surface area contributed by atoms with E-state index in [0.29, 0.717) is 24.5 Å². The minimum absolute atomic E-state index is 0.141. The van der Waals surface area contributed by atoms with E-state index in [0.717, 1.165) is 42.6 Å². The largest absolute Gasteiger partial charge is 0.336 e. The first-order valence-electron chi connectivity index (χ1n) is 13.1. The van der Waals surface area contributed by atoms with Crippen molar-refractivity contribution in [2.75, 3.05) is 16.8 Å². The van der Waals surface area contributed by atoms with Crippen molar-refractivity contribution in [3.8, 4) is 17.2 Å². The van der Waals surface area contributed by atoms with Crippen molar-refractivity contribution in [3.05, 3.63) is 79.3 Å². The van der Waals surface area contributed by atoms with E-state index in [1.165, 1.54) is 0 Å². The summed E-state index contributed by atoms with van der Waals surface area (Å²) in [4.78, 5) is 36.0. The van der Waals surface area contributed by atoms with Gasteiger partial charge < -0.3 is 14.8 Å². The lowest BCUT2D eigenvalue weighted by atomic mass is 9.83. The molecular formula is C29H28N8O2. The van der Waals surface area contributed by atoms with Gasteiger partial charge in [-0.15, -0.1) is 0 Å². The van der Waals surface area contributed by atoms with Crippen LogP contribution in [0.1, 0.15) is 24.8 Å². The highest BCUT2D eigenvalue weighted by molar-refractivity contribution is 6.02. The molecule has 1 aromatic carbocycles. The average molecular weight is 521 g/mol. The van der Waals surface area contributed by atoms with Crippen molar-refractivity contribution in [1.29, 1.82) is 5.26 Å². The van der Waals surface area contributed by atoms with Gasteiger partial charge in [0.05, 0.1) is 31.6 Å². The van der Waals surface area contributed by atoms with Gasteiger partial charge in [-0.1, -0.05) is 24.3 Å². The van der Waals surface area contributed by atoms with Crippen molar-refractivity contribution in [2.45, 2.75) is 38.8 Å². The summed E-state index contributed by atoms with van der Waals surface area (Å²) in [6.07, 6.45) is 13.4. The number of anilines is 2. The second-order valence-electron chi connectivity index (χ2n) is 10.2. The van der Waals surface area contributed by atoms with Gasteiger partial charge in [0, 0.05) is 55.2 Å². The number of nitriles is 1. The number of benzene rings is 1. The Balaban J connectivity index is 1.09. The molecule has 1 atom stereocenters. The van der Waals surface area contributed by atoms with Crippen LogP contribution in [-0.2, 0) is 29.1 Å². The van der Waals surface area contributed by atoms with E-state index in [-0.39, 0.29) is 24.2 Å². The van der Waals surface area contributed by atoms with Crippen molar-refractivity contribution in [2.24, 2.45) is 11.3 Å². The minimum Gasteiger partial charge on any atom is -0.336 e. The number of carbonyl (C=O) groups excluding carboxylic acids is 2. The molecule has 0 radical (unpaired) electrons. The number of nitrogens with one attached hydrogen (secondary N) is 1. The molecule has 3 aromatic heterocycles. The Kier molecular flexibility index (Phi) is 6.40. The molecule has 6 rings (SSSR count). The third kappa shape index (κ3) is 5.03. The summed E-state index contributed by atoms with van der Waals surface area (Å²) in [6.45, 7) is 2.00. The molecule has 196 valence electrons. The van der Waals surface area contributed by atoms with Crippen LogP contribution in [0.3, 0.4) is 0 Å². The van der Waals surface area contributed by atoms with E-state index < -0.39 is 5.41 Å². The third-order valence-corrected chi connectivity index (χ3v) is 7.56. The maximum atomic E-state index is 13.1. The Morgan fingerprint density at radius 2 is 2.05 bits per heavy atom. The first-order chi connectivity index (χ1) is 19.0. The second-order valence-corrected chi connectivity index (χ2v) is 10.2. The van der Waals surface area contributed by atoms with Crippen LogP contribution in [0.5, 0.6) is 0 Å². The molecule has 2 aliphatic rings. The molecule has 4 heterocycles. The zero-order valence-electron chi connectivity index (χ0n) is 21.4. The number of amides is 2. The van der Waals surface area contributed by atoms with Crippen molar-refractivity contribution < 1.29 is 9.59 Å². The second kappa shape index (κ2) is 10.2. The smallest absolute Gasteiger partial charge is 0.247 e. The van der Waals surface area contributed by atoms with Crippen molar-refractivity contribution >= 4 is 23.3 Å². The van der Waals surface area contributed by atoms with E-state index in [1.54, 1.807) is 35.8 Å². The minimum atomic E-state index is -0.908. The highest BCUT2D eigenvalue weighted by Gasteiger charge is 2.56. The lowest BCUT2D eigenvalue weighted by Crippen LogP contribution is -2.35. The SMILES string of the molecule is N#C[C@@]1(C2CC2)CCN(c2ccnc(NC(=O)Cc3cccc(-c4cnn(CCn5ccnc5)c4)c3)c2)C1=O. The van der Waals surface area contributed by atoms with E-state index >= 15 is 0 Å². The first-order valence-corrected chi connectivity index (χ1v) is 13.1. The average Bonchev–Trinajstić information content (AvgIpc) is 3.33. The topological polar surface area (TPSA) is 122 Å². The molecule has 10 nitrogen and oxygen atoms in total. The fourth-order valence-electron chi connectivity index (χ4n) is 5.29. The molecule has 0 bridgehead atoms. The van der Waals surface area contributed by atoms with Gasteiger partial charge in [0.1, 0.15) is 11.2 Å². The van der Waals surface area contributed by atoms with Gasteiger partial charge >= 0.3 is 0 Å². The maximum Gasteiger partial charge on any atom is 0.247 e. The van der Waals surface area contributed by atoms with Gasteiger partial charge in [0.25, 0.3) is 0 Å². The molecule has 1 N–H and O–H groups in total. The van der Waals surface area contributed by atoms with Crippen LogP contribution in [0.25, 0.3) is 11.1 Å². The summed E-state index contributed by atoms with van der Waals surface area (Å²) in [5.74, 6) is 0.192. The number of rotatable bonds is 9. The predicted molar refractivity (Wildman–Crippen MR) is 144 cm³/mol. The quantitative estimate of drug-likeness (QED) is 0.359. The molecule has 1 saturated heterocycles. The summed E-state index contributed by atoms with van der Waals surface area (Å²) in [6, 6.07) is 13.6. The van der Waals surface area contributed by atoms with E-state index in [2.05, 4.69) is 26.5 Å². The summed E-state index contributed by atoms with van der Waals surface area (Å²) in [7, 11) is 0. The van der Waals surface area contributed by atoms with Crippen molar-refractivity contribution in [1.82, 2.24) is 24.3 Å². The number of hydrogen-bond donors (Lipinski definition) is 1. The number of hydrogen-bond acceptors (Lipinski definition) is 6. The molecular weight excluding hydrogens is 492 g/mol. The Bertz CT molecular complexity index is 1550. The highest BCUT2D eigenvalue weighted by atomic mass is 16.2. The number of aryl methyl sites for hydroxylation is 2. The lowest BCUT2D eigenvalue weighted by molar-refractivity contribution is -0.123. The summed E-state index contributed by atoms with van der Waals surface area (Å²) < 4.78 is 3.89. The van der Waals surface area contributed by atoms with E-state index in [9.17, 15) is 14.9 Å². The van der Waals surface area contributed by atoms with Gasteiger partial charge in [0.2, 0.25) is 11.8 Å². The van der Waals surface area contributed by atoms with Gasteiger partial charge in [-0.05, 0) is 42.4 Å². The summed E-state index contributed by atoms with van der Waals surface area (Å²) in [5, 5.41) is 17.1. The fourth-order valence-corrected chi connectivity index (χ4v) is 5.29. The number of carbonyl (C=O) groups is 2. The van der Waals surface area contributed by atoms with Crippen LogP contribution in [0.2, 0.25) is 0 Å². The molecule has 1 saturated carbocycles. The summed E-state index contributed by atoms with van der Waals surface area (Å²) >= 11 is 0. The number of aromatic nitrogens is 5. The zero-order chi connectivity index (χ0) is 26.8. The molecule has 1 aliphatic carbocycles. The summed E-state index contributed by atoms with van der Waals surface area (Å²) in [5.41, 5.74) is 2.57. The van der Waals surface area contributed by atoms with Crippen LogP contribution in [-0.4, -0.2) is 42.7 Å². The number of imidazole rings is 1. The Labute approximate surface area is 225 Å². The standard InChI is InChI=1S/C29H28N8O2/c30-19-29(24-4-5-24)7-10-37(28(29)39)25-6-8-32-26(16-25)34-27(38)15-21-2-1-3-22(14-21)23-17-33-36(18-23)13-12-35-11-9-31-20-35/h1-3,6,8-9,11,14,16-18,20,24H,4-5,7,10,12-13,15H2,(H,32,34,38)/t29-/m1/s1. The van der Waals surface area contributed by atoms with Crippen LogP contribution in [0.15, 0.2) is 73.7 Å². The van der Waals surface area contributed by atoms with Crippen LogP contribution >= 0.6 is 0 Å². The maximum absolute atomic E-state index is 13.1. The van der Waals surface area contributed by atoms with Gasteiger partial charge in [-0.3, -0.25) is 14.3 Å². The van der Waals surface area contributed by atoms with E-state index in [1.807, 2.05) is 52.1 Å². The fraction of sp³-hybridized carbons (Fsp3) is 0.310. The van der Waals surface area contributed by atoms with Crippen molar-refractivity contribution in [3.63, 3.8) is 0 Å². The Morgan fingerprint density at radius 3 is 2.85 bits per heavy atom. The highest BCUT2D eigenvalue weighted by Crippen LogP contribution is 2.51. The molecule has 39 heavy (non-hydrogen) atoms. The molecule has 0 unspecified atom stereocenters. The molecule has 10 heteroatoms. The van der Waals surface area contributed by atoms with Crippen LogP contribution in [0.4, 0.5) is 11.5 Å². The third-order valence-electron chi connectivity index (χ3n) is 7.56. The first kappa shape index (κ1) is 24.6. The van der Waals surface area contributed by atoms with Gasteiger partial charge in [-0.2, -0.15) is 10.4 Å². The number of pyridine rings is 1. The monoisotopic (exact) mass is 520 g/mol. The Morgan fingerprint density at radius 1 is 1.15 bits per heavy atom. The molecule has 2 fully saturated rings. The Hall–Kier alpha value is -4.78. The molecule has 1 aliphatic heterocycles. The molecule has 2 amide bonds. The number of nitrogens with zero attached hydrogens (tertiary/aromatic N) is 7. The normalized spacial score (nSPS) is 18.7. The lowest BCUT2D eigenvalue weighted by Gasteiger charge is -2.21. The van der Waals surface area contributed by atoms with Crippen LogP contribution < -0.4 is 10.2 Å². The predicted octanol–water partition coefficient (Wildman–Crippen LogP) is 3.68. The zero-order valence-corrected chi connectivity index (χ0v) is 21.4.